The number of rotatable bonds is 1. The van der Waals surface area contributed by atoms with Gasteiger partial charge in [-0.1, -0.05) is 17.7 Å². The molecule has 0 aliphatic rings. The zero-order valence-electron chi connectivity index (χ0n) is 8.11. The highest BCUT2D eigenvalue weighted by atomic mass is 35.5. The van der Waals surface area contributed by atoms with Crippen molar-refractivity contribution in [3.05, 3.63) is 47.2 Å². The Bertz CT molecular complexity index is 520. The molecule has 0 bridgehead atoms. The first-order valence-electron chi connectivity index (χ1n) is 4.56. The summed E-state index contributed by atoms with van der Waals surface area (Å²) < 4.78 is 13.5. The van der Waals surface area contributed by atoms with Gasteiger partial charge in [0.15, 0.2) is 0 Å². The highest BCUT2D eigenvalue weighted by Gasteiger charge is 2.14. The van der Waals surface area contributed by atoms with Crippen molar-refractivity contribution >= 4 is 11.6 Å². The van der Waals surface area contributed by atoms with Crippen LogP contribution in [0.1, 0.15) is 0 Å². The average Bonchev–Trinajstić information content (AvgIpc) is 2.23. The fourth-order valence-corrected chi connectivity index (χ4v) is 1.66. The van der Waals surface area contributed by atoms with Gasteiger partial charge in [-0.05, 0) is 30.3 Å². The maximum Gasteiger partial charge on any atom is 0.134 e. The highest BCUT2D eigenvalue weighted by Crippen LogP contribution is 2.38. The summed E-state index contributed by atoms with van der Waals surface area (Å²) in [7, 11) is 0. The Morgan fingerprint density at radius 2 is 1.75 bits per heavy atom. The molecule has 0 aromatic heterocycles. The molecule has 0 amide bonds. The highest BCUT2D eigenvalue weighted by molar-refractivity contribution is 6.31. The van der Waals surface area contributed by atoms with Gasteiger partial charge in [-0.2, -0.15) is 0 Å². The molecule has 2 rings (SSSR count). The number of phenols is 2. The summed E-state index contributed by atoms with van der Waals surface area (Å²) in [6, 6.07) is 8.17. The normalized spacial score (nSPS) is 10.4. The van der Waals surface area contributed by atoms with Crippen LogP contribution in [0.5, 0.6) is 11.5 Å². The summed E-state index contributed by atoms with van der Waals surface area (Å²) in [4.78, 5) is 0. The Hall–Kier alpha value is -1.74. The Kier molecular flexibility index (Phi) is 2.71. The molecule has 0 fully saturated rings. The molecule has 82 valence electrons. The summed E-state index contributed by atoms with van der Waals surface area (Å²) >= 11 is 5.76. The van der Waals surface area contributed by atoms with E-state index >= 15 is 0 Å². The lowest BCUT2D eigenvalue weighted by Gasteiger charge is -2.08. The van der Waals surface area contributed by atoms with Crippen LogP contribution in [0.3, 0.4) is 0 Å². The Balaban J connectivity index is 2.72. The number of hydrogen-bond donors (Lipinski definition) is 2. The van der Waals surface area contributed by atoms with E-state index in [1.165, 1.54) is 36.4 Å². The van der Waals surface area contributed by atoms with Gasteiger partial charge < -0.3 is 10.2 Å². The zero-order chi connectivity index (χ0) is 11.7. The fraction of sp³-hybridized carbons (Fsp3) is 0. The first kappa shape index (κ1) is 10.8. The standard InChI is InChI=1S/C12H8ClFO2/c13-7-4-5-10(15)8(6-7)12-9(14)2-1-3-11(12)16/h1-6,15-16H. The largest absolute Gasteiger partial charge is 0.507 e. The van der Waals surface area contributed by atoms with Gasteiger partial charge in [0.05, 0.1) is 5.56 Å². The average molecular weight is 239 g/mol. The van der Waals surface area contributed by atoms with E-state index in [1.807, 2.05) is 0 Å². The van der Waals surface area contributed by atoms with E-state index in [0.29, 0.717) is 5.02 Å². The lowest BCUT2D eigenvalue weighted by Crippen LogP contribution is -1.86. The summed E-state index contributed by atoms with van der Waals surface area (Å²) in [5.41, 5.74) is 0.116. The number of benzene rings is 2. The van der Waals surface area contributed by atoms with Crippen molar-refractivity contribution in [1.82, 2.24) is 0 Å². The number of hydrogen-bond acceptors (Lipinski definition) is 2. The maximum atomic E-state index is 13.5. The van der Waals surface area contributed by atoms with E-state index in [1.54, 1.807) is 0 Å². The third-order valence-corrected chi connectivity index (χ3v) is 2.45. The predicted octanol–water partition coefficient (Wildman–Crippen LogP) is 3.56. The van der Waals surface area contributed by atoms with Crippen LogP contribution < -0.4 is 0 Å². The lowest BCUT2D eigenvalue weighted by molar-refractivity contribution is 0.464. The summed E-state index contributed by atoms with van der Waals surface area (Å²) in [5.74, 6) is -0.986. The van der Waals surface area contributed by atoms with Crippen LogP contribution in [0.15, 0.2) is 36.4 Å². The van der Waals surface area contributed by atoms with Crippen LogP contribution in [0.4, 0.5) is 4.39 Å². The van der Waals surface area contributed by atoms with Crippen molar-refractivity contribution in [1.29, 1.82) is 0 Å². The molecule has 0 aliphatic carbocycles. The molecule has 0 unspecified atom stereocenters. The quantitative estimate of drug-likeness (QED) is 0.798. The number of aromatic hydroxyl groups is 2. The van der Waals surface area contributed by atoms with E-state index in [4.69, 9.17) is 11.6 Å². The lowest BCUT2D eigenvalue weighted by atomic mass is 10.0. The number of halogens is 2. The molecule has 0 radical (unpaired) electrons. The smallest absolute Gasteiger partial charge is 0.134 e. The minimum atomic E-state index is -0.613. The van der Waals surface area contributed by atoms with E-state index in [0.717, 1.165) is 0 Å². The molecule has 2 aromatic carbocycles. The van der Waals surface area contributed by atoms with Gasteiger partial charge in [-0.15, -0.1) is 0 Å². The predicted molar refractivity (Wildman–Crippen MR) is 60.2 cm³/mol. The van der Waals surface area contributed by atoms with Gasteiger partial charge in [0.25, 0.3) is 0 Å². The first-order valence-corrected chi connectivity index (χ1v) is 4.94. The fourth-order valence-electron chi connectivity index (χ4n) is 1.49. The topological polar surface area (TPSA) is 40.5 Å². The van der Waals surface area contributed by atoms with Crippen LogP contribution in [-0.4, -0.2) is 10.2 Å². The molecule has 16 heavy (non-hydrogen) atoms. The van der Waals surface area contributed by atoms with Gasteiger partial charge in [-0.3, -0.25) is 0 Å². The SMILES string of the molecule is Oc1ccc(Cl)cc1-c1c(O)cccc1F. The summed E-state index contributed by atoms with van der Waals surface area (Å²) in [6.07, 6.45) is 0. The molecule has 2 nitrogen and oxygen atoms in total. The van der Waals surface area contributed by atoms with Crippen molar-refractivity contribution < 1.29 is 14.6 Å². The van der Waals surface area contributed by atoms with Crippen molar-refractivity contribution in [2.75, 3.05) is 0 Å². The van der Waals surface area contributed by atoms with Gasteiger partial charge in [-0.25, -0.2) is 4.39 Å². The maximum absolute atomic E-state index is 13.5. The molecule has 2 aromatic rings. The van der Waals surface area contributed by atoms with Gasteiger partial charge in [0.2, 0.25) is 0 Å². The van der Waals surface area contributed by atoms with E-state index in [9.17, 15) is 14.6 Å². The Morgan fingerprint density at radius 1 is 1.00 bits per heavy atom. The molecule has 0 saturated heterocycles. The molecular formula is C12H8ClFO2. The minimum absolute atomic E-state index is 0.0532. The van der Waals surface area contributed by atoms with Crippen LogP contribution >= 0.6 is 11.6 Å². The van der Waals surface area contributed by atoms with Crippen LogP contribution in [0.25, 0.3) is 11.1 Å². The van der Waals surface area contributed by atoms with Gasteiger partial charge >= 0.3 is 0 Å². The van der Waals surface area contributed by atoms with Crippen LogP contribution in [-0.2, 0) is 0 Å². The Morgan fingerprint density at radius 3 is 2.44 bits per heavy atom. The van der Waals surface area contributed by atoms with Crippen molar-refractivity contribution in [2.24, 2.45) is 0 Å². The van der Waals surface area contributed by atoms with Gasteiger partial charge in [0, 0.05) is 10.6 Å². The second-order valence-electron chi connectivity index (χ2n) is 3.30. The molecule has 0 heterocycles. The second kappa shape index (κ2) is 4.02. The van der Waals surface area contributed by atoms with Crippen LogP contribution in [0.2, 0.25) is 5.02 Å². The zero-order valence-corrected chi connectivity index (χ0v) is 8.87. The van der Waals surface area contributed by atoms with E-state index in [2.05, 4.69) is 0 Å². The van der Waals surface area contributed by atoms with E-state index in [-0.39, 0.29) is 22.6 Å². The van der Waals surface area contributed by atoms with Crippen LogP contribution in [0, 0.1) is 5.82 Å². The van der Waals surface area contributed by atoms with Crippen molar-refractivity contribution in [3.8, 4) is 22.6 Å². The molecule has 0 spiro atoms. The third kappa shape index (κ3) is 1.82. The van der Waals surface area contributed by atoms with E-state index < -0.39 is 5.82 Å². The minimum Gasteiger partial charge on any atom is -0.507 e. The third-order valence-electron chi connectivity index (χ3n) is 2.22. The molecule has 0 saturated carbocycles. The van der Waals surface area contributed by atoms with Gasteiger partial charge in [0.1, 0.15) is 17.3 Å². The second-order valence-corrected chi connectivity index (χ2v) is 3.73. The molecule has 0 atom stereocenters. The molecular weight excluding hydrogens is 231 g/mol. The summed E-state index contributed by atoms with van der Waals surface area (Å²) in [6.45, 7) is 0. The van der Waals surface area contributed by atoms with Crippen molar-refractivity contribution in [3.63, 3.8) is 0 Å². The monoisotopic (exact) mass is 238 g/mol. The molecule has 2 N–H and O–H groups in total. The van der Waals surface area contributed by atoms with Crippen molar-refractivity contribution in [2.45, 2.75) is 0 Å². The molecule has 0 aliphatic heterocycles. The first-order chi connectivity index (χ1) is 7.59. The summed E-state index contributed by atoms with van der Waals surface area (Å²) in [5, 5.41) is 19.5. The molecule has 4 heteroatoms. The number of phenolic OH excluding ortho intramolecular Hbond substituents is 2. The Labute approximate surface area is 96.5 Å².